The average Bonchev–Trinajstić information content (AvgIpc) is 2.86. The standard InChI is InChI=1S/C25H23Cl2F6N3O3/c1-13(37)34-11-22(38)36-6-5-21(18(12-36)14-3-4-19(26)20(27)9-14)35(2)23(39)15-7-16(24(28,29)30)10-17(8-15)25(31,32)33/h3-4,7-10,18,21H,5-6,11-12H2,1-2H3,(H,34,37)/t18-,21+/m0/s1. The van der Waals surface area contributed by atoms with E-state index in [1.807, 2.05) is 0 Å². The molecule has 212 valence electrons. The van der Waals surface area contributed by atoms with Gasteiger partial charge in [0.05, 0.1) is 27.7 Å². The van der Waals surface area contributed by atoms with Crippen LogP contribution in [0.1, 0.15) is 46.3 Å². The number of rotatable bonds is 5. The van der Waals surface area contributed by atoms with Crippen molar-refractivity contribution in [2.45, 2.75) is 37.7 Å². The summed E-state index contributed by atoms with van der Waals surface area (Å²) in [5, 5.41) is 2.82. The Morgan fingerprint density at radius 3 is 2.08 bits per heavy atom. The van der Waals surface area contributed by atoms with E-state index in [1.165, 1.54) is 31.0 Å². The van der Waals surface area contributed by atoms with E-state index < -0.39 is 58.7 Å². The van der Waals surface area contributed by atoms with E-state index in [2.05, 4.69) is 5.32 Å². The Balaban J connectivity index is 1.98. The van der Waals surface area contributed by atoms with Crippen molar-refractivity contribution in [3.8, 4) is 0 Å². The van der Waals surface area contributed by atoms with E-state index in [9.17, 15) is 40.7 Å². The van der Waals surface area contributed by atoms with Crippen molar-refractivity contribution in [1.82, 2.24) is 15.1 Å². The highest BCUT2D eigenvalue weighted by Gasteiger charge is 2.40. The maximum Gasteiger partial charge on any atom is 0.416 e. The Kier molecular flexibility index (Phi) is 9.11. The summed E-state index contributed by atoms with van der Waals surface area (Å²) >= 11 is 12.2. The van der Waals surface area contributed by atoms with E-state index >= 15 is 0 Å². The molecule has 1 saturated heterocycles. The van der Waals surface area contributed by atoms with Gasteiger partial charge in [-0.1, -0.05) is 29.3 Å². The maximum absolute atomic E-state index is 13.4. The minimum Gasteiger partial charge on any atom is -0.347 e. The van der Waals surface area contributed by atoms with E-state index in [4.69, 9.17) is 23.2 Å². The molecule has 1 aliphatic rings. The lowest BCUT2D eigenvalue weighted by molar-refractivity contribution is -0.143. The Morgan fingerprint density at radius 1 is 0.974 bits per heavy atom. The molecule has 1 aliphatic heterocycles. The normalized spacial score (nSPS) is 18.1. The maximum atomic E-state index is 13.4. The van der Waals surface area contributed by atoms with Crippen molar-refractivity contribution in [3.05, 3.63) is 68.7 Å². The first kappa shape index (κ1) is 30.6. The SMILES string of the molecule is CC(=O)NCC(=O)N1CC[C@@H](N(C)C(=O)c2cc(C(F)(F)F)cc(C(F)(F)F)c2)[C@H](c2ccc(Cl)c(Cl)c2)C1. The van der Waals surface area contributed by atoms with Gasteiger partial charge in [-0.25, -0.2) is 0 Å². The zero-order valence-electron chi connectivity index (χ0n) is 20.6. The highest BCUT2D eigenvalue weighted by atomic mass is 35.5. The summed E-state index contributed by atoms with van der Waals surface area (Å²) in [7, 11) is 1.28. The Morgan fingerprint density at radius 2 is 1.56 bits per heavy atom. The number of halogens is 8. The molecule has 1 N–H and O–H groups in total. The number of hydrogen-bond acceptors (Lipinski definition) is 3. The zero-order valence-corrected chi connectivity index (χ0v) is 22.1. The molecule has 39 heavy (non-hydrogen) atoms. The molecule has 6 nitrogen and oxygen atoms in total. The van der Waals surface area contributed by atoms with Gasteiger partial charge in [0, 0.05) is 44.6 Å². The Bertz CT molecular complexity index is 1240. The monoisotopic (exact) mass is 597 g/mol. The van der Waals surface area contributed by atoms with Crippen LogP contribution >= 0.6 is 23.2 Å². The van der Waals surface area contributed by atoms with Crippen LogP contribution in [0.15, 0.2) is 36.4 Å². The van der Waals surface area contributed by atoms with Crippen LogP contribution in [-0.4, -0.2) is 60.2 Å². The first-order chi connectivity index (χ1) is 18.0. The van der Waals surface area contributed by atoms with Gasteiger partial charge in [0.2, 0.25) is 11.8 Å². The number of hydrogen-bond donors (Lipinski definition) is 1. The van der Waals surface area contributed by atoms with Crippen LogP contribution in [0, 0.1) is 0 Å². The van der Waals surface area contributed by atoms with Gasteiger partial charge in [-0.3, -0.25) is 14.4 Å². The van der Waals surface area contributed by atoms with E-state index in [-0.39, 0.29) is 42.2 Å². The predicted molar refractivity (Wildman–Crippen MR) is 131 cm³/mol. The number of benzene rings is 2. The molecule has 1 heterocycles. The number of amides is 3. The molecule has 0 aliphatic carbocycles. The lowest BCUT2D eigenvalue weighted by Crippen LogP contribution is -2.53. The lowest BCUT2D eigenvalue weighted by Gasteiger charge is -2.43. The zero-order chi connectivity index (χ0) is 29.3. The molecule has 0 unspecified atom stereocenters. The molecule has 2 atom stereocenters. The topological polar surface area (TPSA) is 69.7 Å². The summed E-state index contributed by atoms with van der Waals surface area (Å²) in [5.41, 5.74) is -3.44. The molecular weight excluding hydrogens is 575 g/mol. The quantitative estimate of drug-likeness (QED) is 0.455. The Labute approximate surface area is 229 Å². The second kappa shape index (κ2) is 11.6. The van der Waals surface area contributed by atoms with Crippen LogP contribution in [0.4, 0.5) is 26.3 Å². The fraction of sp³-hybridized carbons (Fsp3) is 0.400. The van der Waals surface area contributed by atoms with Crippen LogP contribution < -0.4 is 5.32 Å². The molecule has 1 fully saturated rings. The molecule has 0 saturated carbocycles. The summed E-state index contributed by atoms with van der Waals surface area (Å²) < 4.78 is 80.2. The van der Waals surface area contributed by atoms with Gasteiger partial charge in [-0.15, -0.1) is 0 Å². The van der Waals surface area contributed by atoms with Gasteiger partial charge in [-0.05, 0) is 42.3 Å². The number of piperidine rings is 1. The molecule has 3 rings (SSSR count). The highest BCUT2D eigenvalue weighted by molar-refractivity contribution is 6.42. The van der Waals surface area contributed by atoms with E-state index in [0.29, 0.717) is 17.7 Å². The summed E-state index contributed by atoms with van der Waals surface area (Å²) in [6.45, 7) is 1.13. The largest absolute Gasteiger partial charge is 0.416 e. The van der Waals surface area contributed by atoms with Crippen LogP contribution in [0.2, 0.25) is 10.0 Å². The molecule has 14 heteroatoms. The van der Waals surface area contributed by atoms with Gasteiger partial charge in [-0.2, -0.15) is 26.3 Å². The fourth-order valence-electron chi connectivity index (χ4n) is 4.44. The number of carbonyl (C=O) groups excluding carboxylic acids is 3. The summed E-state index contributed by atoms with van der Waals surface area (Å²) in [6.07, 6.45) is -10.1. The predicted octanol–water partition coefficient (Wildman–Crippen LogP) is 5.62. The molecule has 0 aromatic heterocycles. The number of alkyl halides is 6. The van der Waals surface area contributed by atoms with Crippen molar-refractivity contribution in [2.24, 2.45) is 0 Å². The summed E-state index contributed by atoms with van der Waals surface area (Å²) in [6, 6.07) is 4.62. The first-order valence-corrected chi connectivity index (χ1v) is 12.3. The van der Waals surface area contributed by atoms with Crippen molar-refractivity contribution in [1.29, 1.82) is 0 Å². The smallest absolute Gasteiger partial charge is 0.347 e. The molecule has 2 aromatic rings. The lowest BCUT2D eigenvalue weighted by atomic mass is 9.84. The third kappa shape index (κ3) is 7.36. The van der Waals surface area contributed by atoms with Crippen LogP contribution in [0.3, 0.4) is 0 Å². The van der Waals surface area contributed by atoms with Crippen molar-refractivity contribution >= 4 is 40.9 Å². The molecule has 2 aromatic carbocycles. The van der Waals surface area contributed by atoms with E-state index in [0.717, 1.165) is 4.90 Å². The highest BCUT2D eigenvalue weighted by Crippen LogP contribution is 2.38. The number of carbonyl (C=O) groups is 3. The third-order valence-electron chi connectivity index (χ3n) is 6.44. The fourth-order valence-corrected chi connectivity index (χ4v) is 4.75. The number of likely N-dealkylation sites (N-methyl/N-ethyl adjacent to an activating group) is 1. The van der Waals surface area contributed by atoms with Crippen molar-refractivity contribution in [3.63, 3.8) is 0 Å². The molecular formula is C25H23Cl2F6N3O3. The van der Waals surface area contributed by atoms with Crippen molar-refractivity contribution in [2.75, 3.05) is 26.7 Å². The number of likely N-dealkylation sites (tertiary alicyclic amines) is 1. The average molecular weight is 598 g/mol. The van der Waals surface area contributed by atoms with Gasteiger partial charge < -0.3 is 15.1 Å². The van der Waals surface area contributed by atoms with E-state index in [1.54, 1.807) is 6.07 Å². The third-order valence-corrected chi connectivity index (χ3v) is 7.18. The first-order valence-electron chi connectivity index (χ1n) is 11.5. The molecule has 0 radical (unpaired) electrons. The molecule has 3 amide bonds. The number of nitrogens with zero attached hydrogens (tertiary/aromatic N) is 2. The minimum atomic E-state index is -5.11. The van der Waals surface area contributed by atoms with Gasteiger partial charge in [0.1, 0.15) is 0 Å². The Hall–Kier alpha value is -2.99. The second-order valence-corrected chi connectivity index (χ2v) is 9.91. The molecule has 0 bridgehead atoms. The van der Waals surface area contributed by atoms with Crippen molar-refractivity contribution < 1.29 is 40.7 Å². The van der Waals surface area contributed by atoms with Crippen LogP contribution in [-0.2, 0) is 21.9 Å². The van der Waals surface area contributed by atoms with Gasteiger partial charge in [0.15, 0.2) is 0 Å². The van der Waals surface area contributed by atoms with Crippen LogP contribution in [0.25, 0.3) is 0 Å². The summed E-state index contributed by atoms with van der Waals surface area (Å²) in [4.78, 5) is 39.7. The van der Waals surface area contributed by atoms with Gasteiger partial charge in [0.25, 0.3) is 5.91 Å². The molecule has 0 spiro atoms. The van der Waals surface area contributed by atoms with Gasteiger partial charge >= 0.3 is 12.4 Å². The van der Waals surface area contributed by atoms with Crippen LogP contribution in [0.5, 0.6) is 0 Å². The second-order valence-electron chi connectivity index (χ2n) is 9.10. The summed E-state index contributed by atoms with van der Waals surface area (Å²) in [5.74, 6) is -2.50. The minimum absolute atomic E-state index is 0.0368. The number of nitrogens with one attached hydrogen (secondary N) is 1.